The van der Waals surface area contributed by atoms with E-state index in [0.717, 1.165) is 54.9 Å². The summed E-state index contributed by atoms with van der Waals surface area (Å²) in [7, 11) is 0. The monoisotopic (exact) mass is 526 g/mol. The van der Waals surface area contributed by atoms with E-state index < -0.39 is 23.3 Å². The Balaban J connectivity index is 1.23. The van der Waals surface area contributed by atoms with Crippen molar-refractivity contribution in [2.45, 2.75) is 57.7 Å². The number of nitriles is 1. The maximum Gasteiger partial charge on any atom is 0.266 e. The van der Waals surface area contributed by atoms with Gasteiger partial charge in [0.1, 0.15) is 17.2 Å². The topological polar surface area (TPSA) is 61.0 Å². The summed E-state index contributed by atoms with van der Waals surface area (Å²) in [6.45, 7) is 6.34. The van der Waals surface area contributed by atoms with Crippen LogP contribution in [-0.4, -0.2) is 38.3 Å². The first-order valence-corrected chi connectivity index (χ1v) is 12.7. The molecule has 6 rings (SSSR count). The predicted molar refractivity (Wildman–Crippen MR) is 133 cm³/mol. The van der Waals surface area contributed by atoms with Gasteiger partial charge in [-0.05, 0) is 68.7 Å². The zero-order valence-corrected chi connectivity index (χ0v) is 21.3. The molecule has 0 N–H and O–H groups in total. The van der Waals surface area contributed by atoms with Gasteiger partial charge in [0.2, 0.25) is 0 Å². The van der Waals surface area contributed by atoms with E-state index in [1.165, 1.54) is 6.07 Å². The SMILES string of the molecule is CC(C)(C#N)N1Cc2cc(Cl)ccc2-n2c(nnc2C2CC3(C2)CN(c2ccc(F)c(C(F)F)c2)C3)C1. The van der Waals surface area contributed by atoms with Crippen LogP contribution in [0.1, 0.15) is 61.8 Å². The summed E-state index contributed by atoms with van der Waals surface area (Å²) in [6, 6.07) is 12.1. The molecule has 0 bridgehead atoms. The smallest absolute Gasteiger partial charge is 0.266 e. The maximum atomic E-state index is 13.7. The Bertz CT molecular complexity index is 1410. The number of halogens is 4. The Morgan fingerprint density at radius 2 is 1.86 bits per heavy atom. The largest absolute Gasteiger partial charge is 0.370 e. The molecule has 0 atom stereocenters. The number of aromatic nitrogens is 3. The highest BCUT2D eigenvalue weighted by atomic mass is 35.5. The van der Waals surface area contributed by atoms with Gasteiger partial charge in [0.25, 0.3) is 6.43 Å². The molecule has 2 fully saturated rings. The lowest BCUT2D eigenvalue weighted by molar-refractivity contribution is 0.0587. The van der Waals surface area contributed by atoms with Gasteiger partial charge in [0.05, 0.1) is 23.9 Å². The normalized spacial score (nSPS) is 19.1. The number of alkyl halides is 2. The predicted octanol–water partition coefficient (Wildman–Crippen LogP) is 6.00. The van der Waals surface area contributed by atoms with Gasteiger partial charge in [-0.3, -0.25) is 9.47 Å². The van der Waals surface area contributed by atoms with E-state index in [1.807, 2.05) is 36.9 Å². The fourth-order valence-electron chi connectivity index (χ4n) is 6.02. The quantitative estimate of drug-likeness (QED) is 0.417. The van der Waals surface area contributed by atoms with Crippen LogP contribution in [-0.2, 0) is 13.1 Å². The average molecular weight is 527 g/mol. The molecule has 0 radical (unpaired) electrons. The van der Waals surface area contributed by atoms with E-state index in [4.69, 9.17) is 11.6 Å². The number of hydrogen-bond acceptors (Lipinski definition) is 5. The van der Waals surface area contributed by atoms with Crippen molar-refractivity contribution >= 4 is 17.3 Å². The van der Waals surface area contributed by atoms with Crippen molar-refractivity contribution in [3.63, 3.8) is 0 Å². The van der Waals surface area contributed by atoms with Gasteiger partial charge >= 0.3 is 0 Å². The molecule has 2 aromatic carbocycles. The van der Waals surface area contributed by atoms with Crippen LogP contribution in [0.5, 0.6) is 0 Å². The molecule has 1 saturated heterocycles. The highest BCUT2D eigenvalue weighted by Crippen LogP contribution is 2.57. The Kier molecular flexibility index (Phi) is 5.55. The van der Waals surface area contributed by atoms with E-state index in [0.29, 0.717) is 23.8 Å². The second kappa shape index (κ2) is 8.47. The van der Waals surface area contributed by atoms with E-state index in [-0.39, 0.29) is 11.3 Å². The van der Waals surface area contributed by atoms with Gasteiger partial charge < -0.3 is 4.90 Å². The molecule has 3 heterocycles. The number of nitrogens with zero attached hydrogens (tertiary/aromatic N) is 6. The number of fused-ring (bicyclic) bond motifs is 3. The molecule has 0 amide bonds. The summed E-state index contributed by atoms with van der Waals surface area (Å²) in [5.74, 6) is 1.04. The first-order chi connectivity index (χ1) is 17.6. The van der Waals surface area contributed by atoms with Crippen molar-refractivity contribution in [2.24, 2.45) is 5.41 Å². The standard InChI is InChI=1S/C27H26ClF3N6/c1-26(2,13-32)36-11-16-7-18(28)3-6-22(16)37-23(12-36)33-34-25(37)17-9-27(10-17)14-35(15-27)19-4-5-21(29)20(8-19)24(30)31/h3-8,17,24H,9-12,14-15H2,1-2H3. The van der Waals surface area contributed by atoms with Gasteiger partial charge in [-0.15, -0.1) is 10.2 Å². The van der Waals surface area contributed by atoms with E-state index >= 15 is 0 Å². The van der Waals surface area contributed by atoms with E-state index in [1.54, 1.807) is 6.07 Å². The van der Waals surface area contributed by atoms with Crippen molar-refractivity contribution < 1.29 is 13.2 Å². The summed E-state index contributed by atoms with van der Waals surface area (Å²) in [6.07, 6.45) is -0.999. The van der Waals surface area contributed by atoms with Crippen LogP contribution in [0.2, 0.25) is 5.02 Å². The van der Waals surface area contributed by atoms with Crippen molar-refractivity contribution in [3.8, 4) is 11.8 Å². The minimum absolute atomic E-state index is 0.0961. The third-order valence-corrected chi connectivity index (χ3v) is 8.39. The van der Waals surface area contributed by atoms with Crippen LogP contribution in [0.25, 0.3) is 5.69 Å². The molecule has 2 aliphatic heterocycles. The lowest BCUT2D eigenvalue weighted by Gasteiger charge is -2.59. The number of anilines is 1. The molecule has 1 spiro atoms. The molecule has 37 heavy (non-hydrogen) atoms. The second-order valence-corrected chi connectivity index (χ2v) is 11.5. The van der Waals surface area contributed by atoms with Gasteiger partial charge in [-0.1, -0.05) is 11.6 Å². The van der Waals surface area contributed by atoms with Gasteiger partial charge in [-0.2, -0.15) is 5.26 Å². The molecule has 192 valence electrons. The van der Waals surface area contributed by atoms with Crippen LogP contribution in [0.15, 0.2) is 36.4 Å². The zero-order chi connectivity index (χ0) is 26.1. The molecular weight excluding hydrogens is 501 g/mol. The Morgan fingerprint density at radius 1 is 1.11 bits per heavy atom. The third kappa shape index (κ3) is 3.98. The molecule has 1 aliphatic carbocycles. The highest BCUT2D eigenvalue weighted by molar-refractivity contribution is 6.30. The first kappa shape index (κ1) is 24.3. The summed E-state index contributed by atoms with van der Waals surface area (Å²) >= 11 is 6.34. The maximum absolute atomic E-state index is 13.7. The molecule has 6 nitrogen and oxygen atoms in total. The lowest BCUT2D eigenvalue weighted by atomic mass is 9.57. The number of hydrogen-bond donors (Lipinski definition) is 0. The highest BCUT2D eigenvalue weighted by Gasteiger charge is 2.54. The summed E-state index contributed by atoms with van der Waals surface area (Å²) in [5.41, 5.74) is 1.49. The fraction of sp³-hybridized carbons (Fsp3) is 0.444. The average Bonchev–Trinajstić information content (AvgIpc) is 3.12. The minimum atomic E-state index is -2.83. The van der Waals surface area contributed by atoms with Gasteiger partial charge in [-0.25, -0.2) is 13.2 Å². The van der Waals surface area contributed by atoms with Gasteiger partial charge in [0.15, 0.2) is 5.82 Å². The van der Waals surface area contributed by atoms with Crippen LogP contribution in [0.4, 0.5) is 18.9 Å². The summed E-state index contributed by atoms with van der Waals surface area (Å²) < 4.78 is 42.1. The van der Waals surface area contributed by atoms with E-state index in [2.05, 4.69) is 25.7 Å². The molecule has 3 aromatic rings. The second-order valence-electron chi connectivity index (χ2n) is 11.1. The molecule has 1 saturated carbocycles. The minimum Gasteiger partial charge on any atom is -0.370 e. The fourth-order valence-corrected chi connectivity index (χ4v) is 6.22. The van der Waals surface area contributed by atoms with Crippen molar-refractivity contribution in [3.05, 3.63) is 70.0 Å². The molecule has 3 aliphatic rings. The molecule has 0 unspecified atom stereocenters. The molecular formula is C27H26ClF3N6. The van der Waals surface area contributed by atoms with Crippen LogP contribution in [0.3, 0.4) is 0 Å². The summed E-state index contributed by atoms with van der Waals surface area (Å²) in [4.78, 5) is 4.12. The van der Waals surface area contributed by atoms with Crippen molar-refractivity contribution in [1.29, 1.82) is 5.26 Å². The Hall–Kier alpha value is -3.09. The van der Waals surface area contributed by atoms with E-state index in [9.17, 15) is 18.4 Å². The first-order valence-electron chi connectivity index (χ1n) is 12.3. The Morgan fingerprint density at radius 3 is 2.57 bits per heavy atom. The number of rotatable bonds is 4. The number of benzene rings is 2. The van der Waals surface area contributed by atoms with Crippen molar-refractivity contribution in [2.75, 3.05) is 18.0 Å². The van der Waals surface area contributed by atoms with Gasteiger partial charge in [0, 0.05) is 41.7 Å². The lowest BCUT2D eigenvalue weighted by Crippen LogP contribution is -2.62. The van der Waals surface area contributed by atoms with Crippen molar-refractivity contribution in [1.82, 2.24) is 19.7 Å². The molecule has 10 heteroatoms. The zero-order valence-electron chi connectivity index (χ0n) is 20.6. The van der Waals surface area contributed by atoms with Crippen LogP contribution >= 0.6 is 11.6 Å². The van der Waals surface area contributed by atoms with Crippen LogP contribution in [0, 0.1) is 22.6 Å². The Labute approximate surface area is 218 Å². The molecule has 1 aromatic heterocycles. The summed E-state index contributed by atoms with van der Waals surface area (Å²) in [5, 5.41) is 19.5. The van der Waals surface area contributed by atoms with Crippen LogP contribution < -0.4 is 4.90 Å². The third-order valence-electron chi connectivity index (χ3n) is 8.15.